The Kier molecular flexibility index (Phi) is 3.38. The van der Waals surface area contributed by atoms with Crippen molar-refractivity contribution in [3.05, 3.63) is 45.8 Å². The lowest BCUT2D eigenvalue weighted by Crippen LogP contribution is -2.15. The van der Waals surface area contributed by atoms with Crippen LogP contribution in [0, 0.1) is 6.92 Å². The van der Waals surface area contributed by atoms with Crippen LogP contribution in [0.15, 0.2) is 43.4 Å². The van der Waals surface area contributed by atoms with Gasteiger partial charge in [0.05, 0.1) is 10.4 Å². The zero-order valence-corrected chi connectivity index (χ0v) is 14.3. The maximum atomic E-state index is 12.0. The quantitative estimate of drug-likeness (QED) is 0.556. The molecule has 0 saturated heterocycles. The predicted octanol–water partition coefficient (Wildman–Crippen LogP) is 4.26. The number of oxazole rings is 1. The highest BCUT2D eigenvalue weighted by Gasteiger charge is 2.16. The lowest BCUT2D eigenvalue weighted by atomic mass is 10.2. The van der Waals surface area contributed by atoms with Gasteiger partial charge in [0.1, 0.15) is 0 Å². The average molecular weight is 341 g/mol. The van der Waals surface area contributed by atoms with Gasteiger partial charge in [-0.3, -0.25) is 4.57 Å². The summed E-state index contributed by atoms with van der Waals surface area (Å²) in [5.74, 6) is 0.610. The highest BCUT2D eigenvalue weighted by molar-refractivity contribution is 7.13. The zero-order valence-electron chi connectivity index (χ0n) is 13.4. The number of aromatic nitrogens is 3. The Bertz CT molecular complexity index is 1080. The van der Waals surface area contributed by atoms with E-state index >= 15 is 0 Å². The summed E-state index contributed by atoms with van der Waals surface area (Å²) in [4.78, 5) is 17.4. The predicted molar refractivity (Wildman–Crippen MR) is 92.2 cm³/mol. The molecule has 4 aromatic rings. The first-order chi connectivity index (χ1) is 11.5. The third-order valence-electron chi connectivity index (χ3n) is 3.87. The SMILES string of the molecule is Cc1ccsc1-c1nc(-c2ccc3c(c2)oc(=O)n3C(C)C)no1. The highest BCUT2D eigenvalue weighted by Crippen LogP contribution is 2.30. The summed E-state index contributed by atoms with van der Waals surface area (Å²) in [6.07, 6.45) is 0. The summed E-state index contributed by atoms with van der Waals surface area (Å²) in [5, 5.41) is 6.04. The van der Waals surface area contributed by atoms with Gasteiger partial charge < -0.3 is 8.94 Å². The molecule has 0 N–H and O–H groups in total. The van der Waals surface area contributed by atoms with Crippen LogP contribution in [0.5, 0.6) is 0 Å². The fourth-order valence-electron chi connectivity index (χ4n) is 2.69. The molecule has 0 fully saturated rings. The maximum absolute atomic E-state index is 12.0. The molecule has 6 nitrogen and oxygen atoms in total. The molecule has 7 heteroatoms. The molecular formula is C17H15N3O3S. The largest absolute Gasteiger partial charge is 0.420 e. The van der Waals surface area contributed by atoms with Crippen LogP contribution in [0.25, 0.3) is 33.3 Å². The molecule has 0 aliphatic rings. The van der Waals surface area contributed by atoms with E-state index in [1.54, 1.807) is 22.0 Å². The molecular weight excluding hydrogens is 326 g/mol. The minimum absolute atomic E-state index is 0.0307. The van der Waals surface area contributed by atoms with Gasteiger partial charge in [-0.05, 0) is 56.0 Å². The number of aryl methyl sites for hydroxylation is 1. The molecule has 122 valence electrons. The molecule has 0 atom stereocenters. The third-order valence-corrected chi connectivity index (χ3v) is 4.87. The number of hydrogen-bond acceptors (Lipinski definition) is 6. The van der Waals surface area contributed by atoms with E-state index in [2.05, 4.69) is 10.1 Å². The lowest BCUT2D eigenvalue weighted by Gasteiger charge is -2.04. The number of fused-ring (bicyclic) bond motifs is 1. The molecule has 0 saturated carbocycles. The van der Waals surface area contributed by atoms with Gasteiger partial charge in [-0.1, -0.05) is 5.16 Å². The van der Waals surface area contributed by atoms with Crippen molar-refractivity contribution in [1.29, 1.82) is 0 Å². The number of hydrogen-bond donors (Lipinski definition) is 0. The van der Waals surface area contributed by atoms with E-state index in [-0.39, 0.29) is 11.8 Å². The Balaban J connectivity index is 1.79. The third kappa shape index (κ3) is 2.28. The number of benzene rings is 1. The highest BCUT2D eigenvalue weighted by atomic mass is 32.1. The molecule has 0 aliphatic carbocycles. The first kappa shape index (κ1) is 14.9. The van der Waals surface area contributed by atoms with Crippen LogP contribution in [0.4, 0.5) is 0 Å². The summed E-state index contributed by atoms with van der Waals surface area (Å²) in [6.45, 7) is 5.89. The van der Waals surface area contributed by atoms with Crippen molar-refractivity contribution >= 4 is 22.4 Å². The number of rotatable bonds is 3. The van der Waals surface area contributed by atoms with E-state index in [1.165, 1.54) is 0 Å². The Morgan fingerprint density at radius 1 is 1.25 bits per heavy atom. The van der Waals surface area contributed by atoms with Crippen LogP contribution in [0.1, 0.15) is 25.5 Å². The van der Waals surface area contributed by atoms with Gasteiger partial charge >= 0.3 is 5.76 Å². The smallest absolute Gasteiger partial charge is 0.408 e. The Morgan fingerprint density at radius 3 is 2.79 bits per heavy atom. The second-order valence-electron chi connectivity index (χ2n) is 5.87. The van der Waals surface area contributed by atoms with Crippen molar-refractivity contribution in [3.8, 4) is 22.2 Å². The molecule has 0 amide bonds. The molecule has 0 radical (unpaired) electrons. The van der Waals surface area contributed by atoms with Crippen LogP contribution < -0.4 is 5.76 Å². The van der Waals surface area contributed by atoms with Crippen molar-refractivity contribution in [1.82, 2.24) is 14.7 Å². The van der Waals surface area contributed by atoms with Crippen LogP contribution in [-0.4, -0.2) is 14.7 Å². The second-order valence-corrected chi connectivity index (χ2v) is 6.79. The molecule has 3 aromatic heterocycles. The number of nitrogens with zero attached hydrogens (tertiary/aromatic N) is 3. The molecule has 3 heterocycles. The van der Waals surface area contributed by atoms with E-state index in [0.29, 0.717) is 17.3 Å². The average Bonchev–Trinajstić information content (AvgIpc) is 3.22. The van der Waals surface area contributed by atoms with Gasteiger partial charge in [-0.15, -0.1) is 11.3 Å². The topological polar surface area (TPSA) is 74.1 Å². The summed E-state index contributed by atoms with van der Waals surface area (Å²) < 4.78 is 12.3. The number of thiophene rings is 1. The van der Waals surface area contributed by atoms with E-state index in [1.807, 2.05) is 44.4 Å². The summed E-state index contributed by atoms with van der Waals surface area (Å²) >= 11 is 1.56. The van der Waals surface area contributed by atoms with Crippen LogP contribution in [-0.2, 0) is 0 Å². The van der Waals surface area contributed by atoms with Gasteiger partial charge in [-0.2, -0.15) is 4.98 Å². The Labute approximate surface area is 141 Å². The van der Waals surface area contributed by atoms with Crippen molar-refractivity contribution in [2.24, 2.45) is 0 Å². The van der Waals surface area contributed by atoms with Crippen molar-refractivity contribution in [2.45, 2.75) is 26.8 Å². The summed E-state index contributed by atoms with van der Waals surface area (Å²) in [6, 6.07) is 7.53. The molecule has 0 aliphatic heterocycles. The summed E-state index contributed by atoms with van der Waals surface area (Å²) in [7, 11) is 0. The monoisotopic (exact) mass is 341 g/mol. The standard InChI is InChI=1S/C17H15N3O3S/c1-9(2)20-12-5-4-11(8-13(12)22-17(20)21)15-18-16(23-19-15)14-10(3)6-7-24-14/h4-9H,1-3H3. The first-order valence-corrected chi connectivity index (χ1v) is 8.46. The molecule has 24 heavy (non-hydrogen) atoms. The van der Waals surface area contributed by atoms with Crippen LogP contribution >= 0.6 is 11.3 Å². The molecule has 0 spiro atoms. The van der Waals surface area contributed by atoms with Crippen LogP contribution in [0.3, 0.4) is 0 Å². The van der Waals surface area contributed by atoms with Crippen molar-refractivity contribution in [2.75, 3.05) is 0 Å². The lowest BCUT2D eigenvalue weighted by molar-refractivity contribution is 0.433. The maximum Gasteiger partial charge on any atom is 0.420 e. The van der Waals surface area contributed by atoms with Gasteiger partial charge in [0.15, 0.2) is 5.58 Å². The minimum Gasteiger partial charge on any atom is -0.408 e. The van der Waals surface area contributed by atoms with Crippen LogP contribution in [0.2, 0.25) is 0 Å². The Morgan fingerprint density at radius 2 is 2.08 bits per heavy atom. The van der Waals surface area contributed by atoms with Gasteiger partial charge in [0.2, 0.25) is 5.82 Å². The minimum atomic E-state index is -0.361. The Hall–Kier alpha value is -2.67. The molecule has 1 aromatic carbocycles. The van der Waals surface area contributed by atoms with Gasteiger partial charge in [0, 0.05) is 11.6 Å². The molecule has 4 rings (SSSR count). The van der Waals surface area contributed by atoms with Crippen molar-refractivity contribution < 1.29 is 8.94 Å². The molecule has 0 bridgehead atoms. The molecule has 0 unspecified atom stereocenters. The van der Waals surface area contributed by atoms with Gasteiger partial charge in [0.25, 0.3) is 5.89 Å². The van der Waals surface area contributed by atoms with E-state index < -0.39 is 0 Å². The normalized spacial score (nSPS) is 11.7. The van der Waals surface area contributed by atoms with Gasteiger partial charge in [-0.25, -0.2) is 4.79 Å². The van der Waals surface area contributed by atoms with E-state index in [9.17, 15) is 4.79 Å². The second kappa shape index (κ2) is 5.45. The fourth-order valence-corrected chi connectivity index (χ4v) is 3.54. The fraction of sp³-hybridized carbons (Fsp3) is 0.235. The first-order valence-electron chi connectivity index (χ1n) is 7.58. The van der Waals surface area contributed by atoms with E-state index in [4.69, 9.17) is 8.94 Å². The van der Waals surface area contributed by atoms with Crippen molar-refractivity contribution in [3.63, 3.8) is 0 Å². The van der Waals surface area contributed by atoms with E-state index in [0.717, 1.165) is 21.5 Å². The zero-order chi connectivity index (χ0) is 16.8. The summed E-state index contributed by atoms with van der Waals surface area (Å²) in [5.41, 5.74) is 3.13.